The first-order valence-electron chi connectivity index (χ1n) is 8.62. The van der Waals surface area contributed by atoms with E-state index >= 15 is 0 Å². The van der Waals surface area contributed by atoms with Crippen LogP contribution in [0, 0.1) is 6.92 Å². The zero-order chi connectivity index (χ0) is 19.3. The van der Waals surface area contributed by atoms with Crippen LogP contribution in [0.25, 0.3) is 0 Å². The smallest absolute Gasteiger partial charge is 0.264 e. The summed E-state index contributed by atoms with van der Waals surface area (Å²) < 4.78 is 28.0. The van der Waals surface area contributed by atoms with E-state index in [1.807, 2.05) is 45.9 Å². The van der Waals surface area contributed by atoms with Crippen molar-refractivity contribution >= 4 is 27.3 Å². The van der Waals surface area contributed by atoms with Crippen LogP contribution in [0.15, 0.2) is 47.4 Å². The predicted molar refractivity (Wildman–Crippen MR) is 104 cm³/mol. The van der Waals surface area contributed by atoms with E-state index in [0.29, 0.717) is 12.2 Å². The van der Waals surface area contributed by atoms with E-state index in [0.717, 1.165) is 16.8 Å². The molecule has 5 nitrogen and oxygen atoms in total. The summed E-state index contributed by atoms with van der Waals surface area (Å²) in [6.07, 6.45) is 0. The van der Waals surface area contributed by atoms with Gasteiger partial charge in [0.05, 0.1) is 16.0 Å². The Morgan fingerprint density at radius 1 is 1.12 bits per heavy atom. The fourth-order valence-corrected chi connectivity index (χ4v) is 5.01. The zero-order valence-electron chi connectivity index (χ0n) is 15.8. The summed E-state index contributed by atoms with van der Waals surface area (Å²) in [5.74, 6) is -0.0342. The molecule has 2 aromatic rings. The summed E-state index contributed by atoms with van der Waals surface area (Å²) in [4.78, 5) is 14.3. The minimum absolute atomic E-state index is 0.0342. The molecular formula is C20H24N2O3S. The fourth-order valence-electron chi connectivity index (χ4n) is 3.51. The number of amides is 1. The molecule has 1 heterocycles. The van der Waals surface area contributed by atoms with Gasteiger partial charge in [-0.25, -0.2) is 8.42 Å². The van der Waals surface area contributed by atoms with Gasteiger partial charge in [-0.15, -0.1) is 0 Å². The Hall–Kier alpha value is -2.34. The van der Waals surface area contributed by atoms with E-state index in [1.54, 1.807) is 36.2 Å². The van der Waals surface area contributed by atoms with Crippen LogP contribution >= 0.6 is 0 Å². The summed E-state index contributed by atoms with van der Waals surface area (Å²) in [5, 5.41) is 0. The number of sulfonamides is 1. The third-order valence-corrected chi connectivity index (χ3v) is 6.91. The molecular weight excluding hydrogens is 348 g/mol. The van der Waals surface area contributed by atoms with Crippen molar-refractivity contribution in [3.63, 3.8) is 0 Å². The van der Waals surface area contributed by atoms with Crippen LogP contribution in [0.2, 0.25) is 0 Å². The summed E-state index contributed by atoms with van der Waals surface area (Å²) in [5.41, 5.74) is 2.40. The highest BCUT2D eigenvalue weighted by atomic mass is 32.2. The first kappa shape index (κ1) is 18.5. The Morgan fingerprint density at radius 3 is 2.42 bits per heavy atom. The van der Waals surface area contributed by atoms with Gasteiger partial charge in [0, 0.05) is 19.3 Å². The highest BCUT2D eigenvalue weighted by molar-refractivity contribution is 7.92. The maximum absolute atomic E-state index is 13.3. The molecule has 0 aliphatic carbocycles. The van der Waals surface area contributed by atoms with E-state index < -0.39 is 15.4 Å². The first-order chi connectivity index (χ1) is 12.1. The molecule has 2 aromatic carbocycles. The van der Waals surface area contributed by atoms with Crippen molar-refractivity contribution in [3.05, 3.63) is 53.6 Å². The quantitative estimate of drug-likeness (QED) is 0.826. The maximum Gasteiger partial charge on any atom is 0.264 e. The number of likely N-dealkylation sites (N-methyl/N-ethyl adjacent to an activating group) is 1. The average Bonchev–Trinajstić information content (AvgIpc) is 2.76. The third kappa shape index (κ3) is 2.69. The lowest BCUT2D eigenvalue weighted by Gasteiger charge is -2.24. The van der Waals surface area contributed by atoms with Crippen molar-refractivity contribution in [2.75, 3.05) is 22.8 Å². The predicted octanol–water partition coefficient (Wildman–Crippen LogP) is 3.46. The molecule has 0 aromatic heterocycles. The highest BCUT2D eigenvalue weighted by Crippen LogP contribution is 2.42. The maximum atomic E-state index is 13.3. The van der Waals surface area contributed by atoms with Gasteiger partial charge in [0.15, 0.2) is 0 Å². The molecule has 0 fully saturated rings. The van der Waals surface area contributed by atoms with Crippen LogP contribution in [0.1, 0.15) is 31.9 Å². The summed E-state index contributed by atoms with van der Waals surface area (Å²) in [6.45, 7) is 7.72. The fraction of sp³-hybridized carbons (Fsp3) is 0.350. The Kier molecular flexibility index (Phi) is 4.35. The van der Waals surface area contributed by atoms with Crippen molar-refractivity contribution in [1.29, 1.82) is 0 Å². The van der Waals surface area contributed by atoms with Crippen molar-refractivity contribution in [2.24, 2.45) is 0 Å². The van der Waals surface area contributed by atoms with Crippen molar-refractivity contribution < 1.29 is 13.2 Å². The van der Waals surface area contributed by atoms with Gasteiger partial charge in [-0.3, -0.25) is 9.10 Å². The molecule has 0 saturated heterocycles. The number of fused-ring (bicyclic) bond motifs is 1. The molecule has 0 saturated carbocycles. The molecule has 1 aliphatic heterocycles. The van der Waals surface area contributed by atoms with E-state index in [-0.39, 0.29) is 10.8 Å². The summed E-state index contributed by atoms with van der Waals surface area (Å²) >= 11 is 0. The van der Waals surface area contributed by atoms with Gasteiger partial charge in [-0.05, 0) is 69.2 Å². The van der Waals surface area contributed by atoms with Gasteiger partial charge in [0.1, 0.15) is 0 Å². The molecule has 6 heteroatoms. The van der Waals surface area contributed by atoms with E-state index in [1.165, 1.54) is 4.31 Å². The Balaban J connectivity index is 2.12. The molecule has 138 valence electrons. The number of nitrogens with zero attached hydrogens (tertiary/aromatic N) is 2. The van der Waals surface area contributed by atoms with Crippen molar-refractivity contribution in [2.45, 2.75) is 38.0 Å². The molecule has 26 heavy (non-hydrogen) atoms. The molecule has 0 bridgehead atoms. The number of carbonyl (C=O) groups excluding carboxylic acids is 1. The molecule has 1 amide bonds. The van der Waals surface area contributed by atoms with Gasteiger partial charge in [-0.1, -0.05) is 12.1 Å². The molecule has 0 radical (unpaired) electrons. The lowest BCUT2D eigenvalue weighted by atomic mass is 9.86. The highest BCUT2D eigenvalue weighted by Gasteiger charge is 2.43. The minimum atomic E-state index is -3.72. The lowest BCUT2D eigenvalue weighted by Crippen LogP contribution is -2.33. The second kappa shape index (κ2) is 6.13. The van der Waals surface area contributed by atoms with Gasteiger partial charge in [-0.2, -0.15) is 0 Å². The number of anilines is 2. The van der Waals surface area contributed by atoms with Crippen LogP contribution in [0.3, 0.4) is 0 Å². The Labute approximate surface area is 155 Å². The average molecular weight is 372 g/mol. The first-order valence-corrected chi connectivity index (χ1v) is 10.1. The molecule has 0 atom stereocenters. The van der Waals surface area contributed by atoms with Crippen LogP contribution in [-0.2, 0) is 20.2 Å². The molecule has 0 spiro atoms. The van der Waals surface area contributed by atoms with E-state index in [2.05, 4.69) is 0 Å². The molecule has 0 unspecified atom stereocenters. The largest absolute Gasteiger partial charge is 0.314 e. The van der Waals surface area contributed by atoms with E-state index in [4.69, 9.17) is 0 Å². The lowest BCUT2D eigenvalue weighted by molar-refractivity contribution is -0.121. The van der Waals surface area contributed by atoms with Gasteiger partial charge < -0.3 is 4.90 Å². The van der Waals surface area contributed by atoms with Crippen molar-refractivity contribution in [1.82, 2.24) is 0 Å². The second-order valence-electron chi connectivity index (χ2n) is 7.18. The van der Waals surface area contributed by atoms with Crippen LogP contribution < -0.4 is 9.21 Å². The number of hydrogen-bond acceptors (Lipinski definition) is 3. The van der Waals surface area contributed by atoms with E-state index in [9.17, 15) is 13.2 Å². The number of hydrogen-bond donors (Lipinski definition) is 0. The zero-order valence-corrected chi connectivity index (χ0v) is 16.6. The number of aryl methyl sites for hydroxylation is 1. The third-order valence-electron chi connectivity index (χ3n) is 5.01. The van der Waals surface area contributed by atoms with Crippen LogP contribution in [-0.4, -0.2) is 27.9 Å². The standard InChI is InChI=1S/C20H24N2O3S/c1-6-22(15-9-7-8-14(2)12-15)26(24,25)16-10-11-18-17(13-16)20(3,4)19(23)21(18)5/h7-13H,6H2,1-5H3. The van der Waals surface area contributed by atoms with Crippen LogP contribution in [0.5, 0.6) is 0 Å². The van der Waals surface area contributed by atoms with Crippen LogP contribution in [0.4, 0.5) is 11.4 Å². The molecule has 1 aliphatic rings. The monoisotopic (exact) mass is 372 g/mol. The number of benzene rings is 2. The Morgan fingerprint density at radius 2 is 1.81 bits per heavy atom. The Bertz CT molecular complexity index is 980. The summed E-state index contributed by atoms with van der Waals surface area (Å²) in [7, 11) is -2.01. The topological polar surface area (TPSA) is 57.7 Å². The molecule has 0 N–H and O–H groups in total. The second-order valence-corrected chi connectivity index (χ2v) is 9.04. The minimum Gasteiger partial charge on any atom is -0.314 e. The number of rotatable bonds is 4. The van der Waals surface area contributed by atoms with Gasteiger partial charge in [0.2, 0.25) is 5.91 Å². The summed E-state index contributed by atoms with van der Waals surface area (Å²) in [6, 6.07) is 12.4. The molecule has 3 rings (SSSR count). The SMILES string of the molecule is CCN(c1cccc(C)c1)S(=O)(=O)c1ccc2c(c1)C(C)(C)C(=O)N2C. The van der Waals surface area contributed by atoms with Gasteiger partial charge >= 0.3 is 0 Å². The van der Waals surface area contributed by atoms with Crippen molar-refractivity contribution in [3.8, 4) is 0 Å². The van der Waals surface area contributed by atoms with Gasteiger partial charge in [0.25, 0.3) is 10.0 Å². The normalized spacial score (nSPS) is 15.9. The number of carbonyl (C=O) groups is 1.